The number of ketones is 3. The second kappa shape index (κ2) is 26.1. The SMILES string of the molecule is COc1cccc2c1C(=O)c1c(O)c3c(c(O)c1C2=O)CC(O)(C(=O)CO)CC3OC1CC(N)CC(C)O1.C[C@]12CC[C@@H]3c4ccc(OC(=O)N(CCCl)CCCl)cc4CC[C@H]3[C@@H]1CC[C@@H]2O.O=C(Cn1ccnc1[N+](=O)[O-])NCCO. The second-order valence-electron chi connectivity index (χ2n) is 21.9. The number of carbonyl (C=O) groups is 5. The van der Waals surface area contributed by atoms with Crippen LogP contribution in [-0.4, -0.2) is 161 Å². The van der Waals surface area contributed by atoms with Crippen molar-refractivity contribution in [3.63, 3.8) is 0 Å². The highest BCUT2D eigenvalue weighted by molar-refractivity contribution is 6.31. The molecule has 1 aliphatic heterocycles. The average Bonchev–Trinajstić information content (AvgIpc) is 4.18. The number of hydrogen-bond donors (Lipinski definition) is 8. The molecule has 82 heavy (non-hydrogen) atoms. The van der Waals surface area contributed by atoms with Gasteiger partial charge in [-0.1, -0.05) is 30.1 Å². The summed E-state index contributed by atoms with van der Waals surface area (Å²) in [5, 5.41) is 75.3. The molecule has 3 fully saturated rings. The zero-order valence-electron chi connectivity index (χ0n) is 45.8. The van der Waals surface area contributed by atoms with Crippen LogP contribution in [0.1, 0.15) is 131 Å². The number of aliphatic hydroxyl groups excluding tert-OH is 3. The Labute approximate surface area is 482 Å². The number of nitrogens with two attached hydrogens (primary N) is 1. The first kappa shape index (κ1) is 61.8. The van der Waals surface area contributed by atoms with Gasteiger partial charge in [0.15, 0.2) is 24.4 Å². The molecule has 10 rings (SSSR count). The quantitative estimate of drug-likeness (QED) is 0.0292. The number of amides is 2. The van der Waals surface area contributed by atoms with E-state index in [0.717, 1.165) is 43.1 Å². The average molecular weight is 1180 g/mol. The van der Waals surface area contributed by atoms with Crippen LogP contribution in [0.15, 0.2) is 48.8 Å². The van der Waals surface area contributed by atoms with Crippen molar-refractivity contribution in [2.45, 2.75) is 127 Å². The van der Waals surface area contributed by atoms with Crippen LogP contribution in [0.2, 0.25) is 0 Å². The van der Waals surface area contributed by atoms with Crippen LogP contribution in [0.25, 0.3) is 0 Å². The number of Topliss-reactive ketones (excluding diaryl/α,β-unsaturated/α-hetero) is 1. The lowest BCUT2D eigenvalue weighted by atomic mass is 9.55. The van der Waals surface area contributed by atoms with E-state index in [1.54, 1.807) is 4.90 Å². The first-order chi connectivity index (χ1) is 39.1. The summed E-state index contributed by atoms with van der Waals surface area (Å²) < 4.78 is 23.9. The van der Waals surface area contributed by atoms with Gasteiger partial charge >= 0.3 is 12.0 Å². The second-order valence-corrected chi connectivity index (χ2v) is 22.7. The summed E-state index contributed by atoms with van der Waals surface area (Å²) >= 11 is 11.6. The molecule has 1 aromatic heterocycles. The minimum atomic E-state index is -2.18. The molecule has 444 valence electrons. The number of phenols is 2. The van der Waals surface area contributed by atoms with Gasteiger partial charge in [0.2, 0.25) is 5.78 Å². The first-order valence-electron chi connectivity index (χ1n) is 27.4. The van der Waals surface area contributed by atoms with Crippen LogP contribution in [0.5, 0.6) is 23.0 Å². The number of methoxy groups -OCH3 is 1. The van der Waals surface area contributed by atoms with Gasteiger partial charge in [-0.3, -0.25) is 19.2 Å². The van der Waals surface area contributed by atoms with E-state index in [9.17, 15) is 59.6 Å². The zero-order valence-corrected chi connectivity index (χ0v) is 47.3. The molecule has 4 aromatic rings. The van der Waals surface area contributed by atoms with Crippen molar-refractivity contribution in [2.75, 3.05) is 51.7 Å². The molecule has 2 saturated carbocycles. The minimum absolute atomic E-state index is 0.0274. The van der Waals surface area contributed by atoms with Crippen molar-refractivity contribution in [3.8, 4) is 23.0 Å². The predicted octanol–water partition coefficient (Wildman–Crippen LogP) is 5.11. The smallest absolute Gasteiger partial charge is 0.435 e. The Kier molecular flexibility index (Phi) is 19.7. The molecule has 1 saturated heterocycles. The van der Waals surface area contributed by atoms with E-state index >= 15 is 0 Å². The van der Waals surface area contributed by atoms with Gasteiger partial charge in [0.05, 0.1) is 48.7 Å². The lowest BCUT2D eigenvalue weighted by Crippen LogP contribution is -2.48. The molecule has 6 aliphatic rings. The number of phenolic OH excluding ortho intramolecular Hbond substituents is 2. The Morgan fingerprint density at radius 3 is 2.41 bits per heavy atom. The summed E-state index contributed by atoms with van der Waals surface area (Å²) in [5.41, 5.74) is 5.60. The number of nitrogens with one attached hydrogen (secondary N) is 1. The van der Waals surface area contributed by atoms with E-state index in [4.69, 9.17) is 53.0 Å². The van der Waals surface area contributed by atoms with Crippen molar-refractivity contribution in [1.82, 2.24) is 19.8 Å². The largest absolute Gasteiger partial charge is 0.507 e. The van der Waals surface area contributed by atoms with Crippen molar-refractivity contribution in [2.24, 2.45) is 23.0 Å². The third kappa shape index (κ3) is 12.5. The fourth-order valence-electron chi connectivity index (χ4n) is 13.1. The number of aliphatic hydroxyl groups is 4. The molecule has 0 bridgehead atoms. The fraction of sp³-hybridized carbons (Fsp3) is 0.544. The summed E-state index contributed by atoms with van der Waals surface area (Å²) in [5.74, 6) is -1.19. The van der Waals surface area contributed by atoms with Gasteiger partial charge in [-0.2, -0.15) is 0 Å². The monoisotopic (exact) mass is 1180 g/mol. The van der Waals surface area contributed by atoms with Crippen molar-refractivity contribution >= 4 is 58.5 Å². The van der Waals surface area contributed by atoms with Gasteiger partial charge in [0.1, 0.15) is 47.6 Å². The number of fused-ring (bicyclic) bond motifs is 8. The maximum atomic E-state index is 13.6. The normalized spacial score (nSPS) is 26.6. The van der Waals surface area contributed by atoms with Crippen molar-refractivity contribution in [1.29, 1.82) is 0 Å². The number of aromatic nitrogens is 2. The fourth-order valence-corrected chi connectivity index (χ4v) is 13.5. The van der Waals surface area contributed by atoms with E-state index in [1.165, 1.54) is 48.8 Å². The molecule has 3 aromatic carbocycles. The van der Waals surface area contributed by atoms with Gasteiger partial charge in [-0.05, 0) is 109 Å². The lowest BCUT2D eigenvalue weighted by Gasteiger charge is -2.50. The summed E-state index contributed by atoms with van der Waals surface area (Å²) in [6.07, 6.45) is 6.13. The highest BCUT2D eigenvalue weighted by Gasteiger charge is 2.55. The summed E-state index contributed by atoms with van der Waals surface area (Å²) in [6.45, 7) is 3.75. The van der Waals surface area contributed by atoms with Crippen molar-refractivity contribution < 1.29 is 78.5 Å². The number of aromatic hydroxyl groups is 2. The van der Waals surface area contributed by atoms with Crippen LogP contribution >= 0.6 is 23.2 Å². The lowest BCUT2D eigenvalue weighted by molar-refractivity contribution is -0.396. The number of nitrogens with zero attached hydrogens (tertiary/aromatic N) is 4. The number of carbonyl (C=O) groups excluding carboxylic acids is 5. The Hall–Kier alpha value is -6.28. The van der Waals surface area contributed by atoms with Gasteiger partial charge < -0.3 is 75.7 Å². The number of alkyl halides is 2. The number of ether oxygens (including phenoxy) is 4. The van der Waals surface area contributed by atoms with E-state index in [0.29, 0.717) is 54.8 Å². The molecular weight excluding hydrogens is 1110 g/mol. The Balaban J connectivity index is 0.000000176. The molecule has 23 nitrogen and oxygen atoms in total. The summed E-state index contributed by atoms with van der Waals surface area (Å²) in [4.78, 5) is 78.1. The van der Waals surface area contributed by atoms with Crippen LogP contribution in [-0.2, 0) is 38.4 Å². The summed E-state index contributed by atoms with van der Waals surface area (Å²) in [6, 6.07) is 10.3. The predicted molar refractivity (Wildman–Crippen MR) is 295 cm³/mol. The molecule has 5 unspecified atom stereocenters. The Morgan fingerprint density at radius 2 is 1.74 bits per heavy atom. The highest BCUT2D eigenvalue weighted by atomic mass is 35.5. The van der Waals surface area contributed by atoms with Gasteiger partial charge in [-0.15, -0.1) is 23.2 Å². The number of hydrogen-bond acceptors (Lipinski definition) is 19. The first-order valence-corrected chi connectivity index (χ1v) is 28.4. The third-order valence-corrected chi connectivity index (χ3v) is 17.3. The standard InChI is InChI=1S/C27H29NO10.C23H31Cl2NO3.C7H10N4O4/c1-11-6-12(28)7-18(37-11)38-16-9-27(35,17(30)10-29)8-14-20(16)26(34)22-21(24(14)32)23(31)13-4-3-5-15(36-2)19(13)25(22)33;1-23-9-8-18-17-5-3-16(29-22(28)26(12-10-24)13-11-25)14-15(17)2-4-19(18)20(23)6-7-21(23)27;12-4-2-8-6(13)5-10-3-1-9-7(10)11(14)15/h3-5,11-12,16,18,29,32,34-35H,6-10,28H2,1-2H3;3,5,14,18-21,27H,2,4,6-13H2,1H3;1,3,12H,2,4-5H2,(H,8,13)/t;18-,19-,20+,21+,23+;/m.1./s1. The molecule has 0 spiro atoms. The summed E-state index contributed by atoms with van der Waals surface area (Å²) in [7, 11) is 1.34. The van der Waals surface area contributed by atoms with Crippen molar-refractivity contribution in [3.05, 3.63) is 103 Å². The van der Waals surface area contributed by atoms with Gasteiger partial charge in [0.25, 0.3) is 5.91 Å². The number of nitro groups is 1. The van der Waals surface area contributed by atoms with Gasteiger partial charge in [-0.25, -0.2) is 9.36 Å². The maximum absolute atomic E-state index is 13.6. The van der Waals surface area contributed by atoms with E-state index in [-0.39, 0.29) is 83.7 Å². The number of rotatable bonds is 15. The maximum Gasteiger partial charge on any atom is 0.435 e. The molecule has 5 aliphatic carbocycles. The molecule has 2 amide bonds. The van der Waals surface area contributed by atoms with E-state index < -0.39 is 94.3 Å². The molecule has 10 atom stereocenters. The molecular formula is C57H70Cl2N6O17. The molecule has 0 radical (unpaired) electrons. The van der Waals surface area contributed by atoms with Crippen LogP contribution < -0.4 is 20.5 Å². The highest BCUT2D eigenvalue weighted by Crippen LogP contribution is 2.61. The molecule has 9 N–H and O–H groups in total. The topological polar surface area (TPSA) is 346 Å². The molecule has 2 heterocycles. The number of halogens is 2. The Morgan fingerprint density at radius 1 is 1.01 bits per heavy atom. The van der Waals surface area contributed by atoms with Crippen LogP contribution in [0, 0.1) is 27.4 Å². The third-order valence-electron chi connectivity index (χ3n) is 17.0. The zero-order chi connectivity index (χ0) is 59.4. The van der Waals surface area contributed by atoms with E-state index in [2.05, 4.69) is 23.3 Å². The van der Waals surface area contributed by atoms with Crippen LogP contribution in [0.4, 0.5) is 10.7 Å². The van der Waals surface area contributed by atoms with Gasteiger partial charge in [0, 0.05) is 73.4 Å². The number of aryl methyl sites for hydroxylation is 1. The van der Waals surface area contributed by atoms with Crippen LogP contribution in [0.3, 0.4) is 0 Å². The number of imidazole rings is 1. The molecule has 25 heteroatoms. The number of benzene rings is 3. The Bertz CT molecular complexity index is 3050. The minimum Gasteiger partial charge on any atom is -0.507 e. The van der Waals surface area contributed by atoms with E-state index in [1.807, 2.05) is 19.1 Å².